The molecule has 0 amide bonds. The first-order valence-corrected chi connectivity index (χ1v) is 6.19. The molecule has 18 heavy (non-hydrogen) atoms. The lowest BCUT2D eigenvalue weighted by Gasteiger charge is -2.01. The van der Waals surface area contributed by atoms with Crippen LogP contribution in [0.25, 0.3) is 11.3 Å². The highest BCUT2D eigenvalue weighted by molar-refractivity contribution is 6.35. The van der Waals surface area contributed by atoms with Crippen LogP contribution in [0.3, 0.4) is 0 Å². The third kappa shape index (κ3) is 3.05. The molecule has 0 unspecified atom stereocenters. The smallest absolute Gasteiger partial charge is 0.163 e. The van der Waals surface area contributed by atoms with Gasteiger partial charge in [-0.1, -0.05) is 23.2 Å². The molecule has 0 bridgehead atoms. The van der Waals surface area contributed by atoms with E-state index in [9.17, 15) is 0 Å². The van der Waals surface area contributed by atoms with Crippen LogP contribution in [0.2, 0.25) is 10.0 Å². The topological polar surface area (TPSA) is 53.5 Å². The Morgan fingerprint density at radius 2 is 2.06 bits per heavy atom. The first-order chi connectivity index (χ1) is 8.70. The van der Waals surface area contributed by atoms with Gasteiger partial charge >= 0.3 is 0 Å². The number of nitrogens with zero attached hydrogens (tertiary/aromatic N) is 1. The average molecular weight is 282 g/mol. The van der Waals surface area contributed by atoms with Crippen LogP contribution in [0.5, 0.6) is 0 Å². The minimum Gasteiger partial charge on any atom is -0.455 e. The third-order valence-corrected chi connectivity index (χ3v) is 3.00. The second-order valence-electron chi connectivity index (χ2n) is 3.75. The van der Waals surface area contributed by atoms with E-state index in [1.165, 1.54) is 0 Å². The molecule has 0 saturated heterocycles. The van der Waals surface area contributed by atoms with Crippen LogP contribution in [0.15, 0.2) is 34.7 Å². The molecule has 1 aromatic heterocycles. The highest BCUT2D eigenvalue weighted by Gasteiger charge is 2.10. The zero-order valence-corrected chi connectivity index (χ0v) is 11.0. The quantitative estimate of drug-likeness (QED) is 0.692. The predicted octanol–water partition coefficient (Wildman–Crippen LogP) is 2.84. The van der Waals surface area contributed by atoms with Crippen molar-refractivity contribution in [1.29, 1.82) is 5.26 Å². The Labute approximate surface area is 115 Å². The van der Waals surface area contributed by atoms with Gasteiger partial charge in [-0.3, -0.25) is 0 Å². The largest absolute Gasteiger partial charge is 0.455 e. The van der Waals surface area contributed by atoms with Crippen LogP contribution >= 0.6 is 23.2 Å². The molecule has 0 atom stereocenters. The molecule has 0 spiro atoms. The normalized spacial score (nSPS) is 10.3. The standard InChI is InChI=1S/C13H10Cl2N2O/c14-9-1-3-12(15)11(7-9)13-4-2-10(18-13)8-17-6-5-16/h1-4,7,17H,6,8H2/p+1. The SMILES string of the molecule is N#CC[NH2+]Cc1ccc(-c2cc(Cl)ccc2Cl)o1. The van der Waals surface area contributed by atoms with E-state index < -0.39 is 0 Å². The minimum atomic E-state index is 0.411. The maximum absolute atomic E-state index is 8.45. The summed E-state index contributed by atoms with van der Waals surface area (Å²) in [4.78, 5) is 0. The van der Waals surface area contributed by atoms with E-state index in [1.807, 2.05) is 17.4 Å². The number of hydrogen-bond acceptors (Lipinski definition) is 2. The molecule has 1 heterocycles. The molecule has 2 aromatic rings. The van der Waals surface area contributed by atoms with Gasteiger partial charge in [0.25, 0.3) is 0 Å². The fourth-order valence-corrected chi connectivity index (χ4v) is 1.98. The second-order valence-corrected chi connectivity index (χ2v) is 4.59. The second kappa shape index (κ2) is 5.92. The number of benzene rings is 1. The van der Waals surface area contributed by atoms with Crippen molar-refractivity contribution in [2.75, 3.05) is 6.54 Å². The van der Waals surface area contributed by atoms with Crippen molar-refractivity contribution in [2.45, 2.75) is 6.54 Å². The van der Waals surface area contributed by atoms with Gasteiger partial charge in [0.05, 0.1) is 5.02 Å². The number of furan rings is 1. The molecular formula is C13H11Cl2N2O+. The lowest BCUT2D eigenvalue weighted by atomic mass is 10.2. The van der Waals surface area contributed by atoms with Gasteiger partial charge in [0.1, 0.15) is 18.4 Å². The molecule has 0 aliphatic carbocycles. The van der Waals surface area contributed by atoms with Crippen LogP contribution < -0.4 is 5.32 Å². The Morgan fingerprint density at radius 1 is 1.22 bits per heavy atom. The van der Waals surface area contributed by atoms with Crippen LogP contribution in [0.1, 0.15) is 5.76 Å². The molecule has 0 saturated carbocycles. The molecule has 2 rings (SSSR count). The maximum Gasteiger partial charge on any atom is 0.163 e. The van der Waals surface area contributed by atoms with E-state index in [1.54, 1.807) is 18.2 Å². The lowest BCUT2D eigenvalue weighted by molar-refractivity contribution is -0.662. The van der Waals surface area contributed by atoms with Crippen molar-refractivity contribution in [1.82, 2.24) is 0 Å². The van der Waals surface area contributed by atoms with Gasteiger partial charge in [-0.25, -0.2) is 0 Å². The van der Waals surface area contributed by atoms with E-state index in [0.717, 1.165) is 11.3 Å². The van der Waals surface area contributed by atoms with Crippen molar-refractivity contribution in [2.24, 2.45) is 0 Å². The van der Waals surface area contributed by atoms with Crippen molar-refractivity contribution in [3.8, 4) is 17.4 Å². The molecular weight excluding hydrogens is 271 g/mol. The lowest BCUT2D eigenvalue weighted by Crippen LogP contribution is -2.82. The van der Waals surface area contributed by atoms with E-state index in [0.29, 0.717) is 28.9 Å². The van der Waals surface area contributed by atoms with Gasteiger partial charge in [-0.05, 0) is 30.3 Å². The van der Waals surface area contributed by atoms with Crippen molar-refractivity contribution in [3.63, 3.8) is 0 Å². The number of rotatable bonds is 4. The van der Waals surface area contributed by atoms with Gasteiger partial charge < -0.3 is 9.73 Å². The molecule has 0 radical (unpaired) electrons. The fourth-order valence-electron chi connectivity index (χ4n) is 1.60. The average Bonchev–Trinajstić information content (AvgIpc) is 2.81. The molecule has 0 fully saturated rings. The summed E-state index contributed by atoms with van der Waals surface area (Å²) < 4.78 is 5.67. The van der Waals surface area contributed by atoms with Crippen LogP contribution in [-0.4, -0.2) is 6.54 Å². The number of nitrogens with two attached hydrogens (primary N) is 1. The van der Waals surface area contributed by atoms with Crippen LogP contribution in [0.4, 0.5) is 0 Å². The number of quaternary nitrogens is 1. The molecule has 2 N–H and O–H groups in total. The summed E-state index contributed by atoms with van der Waals surface area (Å²) in [5, 5.41) is 11.5. The van der Waals surface area contributed by atoms with Gasteiger partial charge in [0.15, 0.2) is 12.3 Å². The Morgan fingerprint density at radius 3 is 2.83 bits per heavy atom. The molecule has 1 aromatic carbocycles. The maximum atomic E-state index is 8.45. The first kappa shape index (κ1) is 13.0. The monoisotopic (exact) mass is 281 g/mol. The predicted molar refractivity (Wildman–Crippen MR) is 70.3 cm³/mol. The number of nitriles is 1. The summed E-state index contributed by atoms with van der Waals surface area (Å²) in [5.74, 6) is 1.49. The highest BCUT2D eigenvalue weighted by Crippen LogP contribution is 2.31. The van der Waals surface area contributed by atoms with Gasteiger partial charge in [0.2, 0.25) is 0 Å². The minimum absolute atomic E-state index is 0.411. The zero-order valence-electron chi connectivity index (χ0n) is 9.49. The van der Waals surface area contributed by atoms with Crippen molar-refractivity contribution >= 4 is 23.2 Å². The van der Waals surface area contributed by atoms with Crippen LogP contribution in [-0.2, 0) is 6.54 Å². The van der Waals surface area contributed by atoms with Crippen LogP contribution in [0, 0.1) is 11.3 Å². The zero-order chi connectivity index (χ0) is 13.0. The first-order valence-electron chi connectivity index (χ1n) is 5.43. The Hall–Kier alpha value is -1.47. The van der Waals surface area contributed by atoms with Gasteiger partial charge in [-0.2, -0.15) is 5.26 Å². The van der Waals surface area contributed by atoms with Gasteiger partial charge in [0, 0.05) is 10.6 Å². The Kier molecular flexibility index (Phi) is 4.27. The summed E-state index contributed by atoms with van der Waals surface area (Å²) in [6.45, 7) is 1.04. The van der Waals surface area contributed by atoms with Crippen molar-refractivity contribution < 1.29 is 9.73 Å². The number of hydrogen-bond donors (Lipinski definition) is 1. The molecule has 92 valence electrons. The molecule has 5 heteroatoms. The van der Waals surface area contributed by atoms with Crippen molar-refractivity contribution in [3.05, 3.63) is 46.1 Å². The van der Waals surface area contributed by atoms with Gasteiger partial charge in [-0.15, -0.1) is 0 Å². The Balaban J connectivity index is 2.19. The summed E-state index contributed by atoms with van der Waals surface area (Å²) in [6.07, 6.45) is 0. The summed E-state index contributed by atoms with van der Waals surface area (Å²) in [7, 11) is 0. The third-order valence-electron chi connectivity index (χ3n) is 2.44. The van der Waals surface area contributed by atoms with E-state index in [4.69, 9.17) is 32.9 Å². The summed E-state index contributed by atoms with van der Waals surface area (Å²) >= 11 is 12.0. The summed E-state index contributed by atoms with van der Waals surface area (Å²) in [5.41, 5.74) is 0.774. The van der Waals surface area contributed by atoms with E-state index in [2.05, 4.69) is 6.07 Å². The fraction of sp³-hybridized carbons (Fsp3) is 0.154. The molecule has 0 aliphatic rings. The molecule has 3 nitrogen and oxygen atoms in total. The summed E-state index contributed by atoms with van der Waals surface area (Å²) in [6, 6.07) is 11.0. The Bertz CT molecular complexity index is 587. The highest BCUT2D eigenvalue weighted by atomic mass is 35.5. The van der Waals surface area contributed by atoms with E-state index >= 15 is 0 Å². The number of halogens is 2. The molecule has 0 aliphatic heterocycles. The van der Waals surface area contributed by atoms with E-state index in [-0.39, 0.29) is 0 Å².